The number of benzene rings is 1. The molecule has 0 radical (unpaired) electrons. The highest BCUT2D eigenvalue weighted by Gasteiger charge is 2.34. The highest BCUT2D eigenvalue weighted by Crippen LogP contribution is 2.29. The fraction of sp³-hybridized carbons (Fsp3) is 0.667. The average Bonchev–Trinajstić information content (AvgIpc) is 2.98. The van der Waals surface area contributed by atoms with E-state index in [-0.39, 0.29) is 23.7 Å². The summed E-state index contributed by atoms with van der Waals surface area (Å²) in [4.78, 5) is 2.39. The third-order valence-electron chi connectivity index (χ3n) is 5.09. The average molecular weight is 321 g/mol. The first-order chi connectivity index (χ1) is 11.1. The number of likely N-dealkylation sites (tertiary alicyclic amines) is 1. The molecule has 5 heteroatoms. The smallest absolute Gasteiger partial charge is 0.157 e. The number of nitrogens with zero attached hydrogens (tertiary/aromatic N) is 1. The minimum Gasteiger partial charge on any atom is -0.504 e. The zero-order valence-electron chi connectivity index (χ0n) is 13.5. The van der Waals surface area contributed by atoms with Gasteiger partial charge in [-0.25, -0.2) is 0 Å². The number of aliphatic hydroxyl groups is 1. The van der Waals surface area contributed by atoms with Crippen LogP contribution in [0.3, 0.4) is 0 Å². The molecule has 2 unspecified atom stereocenters. The maximum absolute atomic E-state index is 9.76. The van der Waals surface area contributed by atoms with Crippen molar-refractivity contribution < 1.29 is 20.1 Å². The van der Waals surface area contributed by atoms with Gasteiger partial charge in [0, 0.05) is 19.1 Å². The first-order valence-electron chi connectivity index (χ1n) is 8.68. The van der Waals surface area contributed by atoms with Crippen molar-refractivity contribution in [1.29, 1.82) is 0 Å². The van der Waals surface area contributed by atoms with E-state index in [1.807, 2.05) is 6.07 Å². The molecule has 1 aromatic rings. The van der Waals surface area contributed by atoms with E-state index in [0.717, 1.165) is 44.3 Å². The summed E-state index contributed by atoms with van der Waals surface area (Å²) in [5.74, 6) is -0.168. The van der Waals surface area contributed by atoms with Gasteiger partial charge in [-0.3, -0.25) is 4.90 Å². The molecule has 1 aliphatic carbocycles. The molecule has 1 heterocycles. The third-order valence-corrected chi connectivity index (χ3v) is 5.09. The predicted molar refractivity (Wildman–Crippen MR) is 87.7 cm³/mol. The summed E-state index contributed by atoms with van der Waals surface area (Å²) in [6, 6.07) is 5.34. The lowest BCUT2D eigenvalue weighted by Crippen LogP contribution is -2.46. The molecule has 3 rings (SSSR count). The molecule has 3 N–H and O–H groups in total. The van der Waals surface area contributed by atoms with Gasteiger partial charge in [-0.05, 0) is 43.4 Å². The lowest BCUT2D eigenvalue weighted by atomic mass is 9.91. The zero-order chi connectivity index (χ0) is 16.2. The second-order valence-electron chi connectivity index (χ2n) is 6.77. The number of β-amino-alcohol motifs (C(OH)–C–C–N with tert-alkyl or cyclic N) is 1. The van der Waals surface area contributed by atoms with E-state index in [4.69, 9.17) is 4.74 Å². The van der Waals surface area contributed by atoms with Crippen LogP contribution in [0.1, 0.15) is 37.7 Å². The van der Waals surface area contributed by atoms with Crippen LogP contribution in [-0.4, -0.2) is 58.2 Å². The molecule has 5 nitrogen and oxygen atoms in total. The van der Waals surface area contributed by atoms with Crippen LogP contribution in [0.5, 0.6) is 11.5 Å². The van der Waals surface area contributed by atoms with Crippen LogP contribution in [0.15, 0.2) is 18.2 Å². The van der Waals surface area contributed by atoms with Gasteiger partial charge in [0.15, 0.2) is 11.5 Å². The Hall–Kier alpha value is -1.30. The molecule has 3 atom stereocenters. The largest absolute Gasteiger partial charge is 0.504 e. The first-order valence-corrected chi connectivity index (χ1v) is 8.68. The van der Waals surface area contributed by atoms with Gasteiger partial charge in [0.05, 0.1) is 18.8 Å². The number of phenols is 2. The van der Waals surface area contributed by atoms with Crippen molar-refractivity contribution in [2.75, 3.05) is 19.7 Å². The van der Waals surface area contributed by atoms with E-state index in [1.54, 1.807) is 6.07 Å². The minimum absolute atomic E-state index is 0.0795. The van der Waals surface area contributed by atoms with Crippen molar-refractivity contribution in [2.45, 2.75) is 56.8 Å². The Kier molecular flexibility index (Phi) is 5.41. The predicted octanol–water partition coefficient (Wildman–Crippen LogP) is 2.03. The molecule has 0 amide bonds. The molecule has 1 saturated carbocycles. The fourth-order valence-electron chi connectivity index (χ4n) is 3.81. The summed E-state index contributed by atoms with van der Waals surface area (Å²) in [6.45, 7) is 2.36. The number of ether oxygens (including phenoxy) is 1. The normalized spacial score (nSPS) is 29.0. The van der Waals surface area contributed by atoms with E-state index < -0.39 is 0 Å². The number of aliphatic hydroxyl groups excluding tert-OH is 1. The van der Waals surface area contributed by atoms with Gasteiger partial charge < -0.3 is 20.1 Å². The second kappa shape index (κ2) is 7.51. The van der Waals surface area contributed by atoms with Gasteiger partial charge >= 0.3 is 0 Å². The zero-order valence-corrected chi connectivity index (χ0v) is 13.5. The Labute approximate surface area is 137 Å². The molecule has 128 valence electrons. The van der Waals surface area contributed by atoms with Gasteiger partial charge in [-0.2, -0.15) is 0 Å². The molecular weight excluding hydrogens is 294 g/mol. The molecule has 1 aromatic carbocycles. The standard InChI is InChI=1S/C18H27NO4/c20-14-7-9-19(12-14)15-3-1-2-4-18(15)23-10-8-13-5-6-16(21)17(22)11-13/h5-6,11,14-15,18,20-22H,1-4,7-10,12H2/t14-,15?,18?/m1/s1. The SMILES string of the molecule is Oc1ccc(CCOC2CCCCC2N2CC[C@@H](O)C2)cc1O. The Morgan fingerprint density at radius 2 is 1.91 bits per heavy atom. The van der Waals surface area contributed by atoms with Crippen LogP contribution in [-0.2, 0) is 11.2 Å². The highest BCUT2D eigenvalue weighted by atomic mass is 16.5. The van der Waals surface area contributed by atoms with Gasteiger partial charge in [-0.15, -0.1) is 0 Å². The molecule has 2 aliphatic rings. The van der Waals surface area contributed by atoms with E-state index >= 15 is 0 Å². The summed E-state index contributed by atoms with van der Waals surface area (Å²) in [5.41, 5.74) is 0.962. The second-order valence-corrected chi connectivity index (χ2v) is 6.77. The summed E-state index contributed by atoms with van der Waals surface area (Å²) in [5, 5.41) is 28.6. The molecule has 0 spiro atoms. The number of hydrogen-bond acceptors (Lipinski definition) is 5. The van der Waals surface area contributed by atoms with E-state index in [1.165, 1.54) is 18.9 Å². The number of rotatable bonds is 5. The Bertz CT molecular complexity index is 522. The van der Waals surface area contributed by atoms with Gasteiger partial charge in [-0.1, -0.05) is 18.9 Å². The molecular formula is C18H27NO4. The molecule has 2 fully saturated rings. The molecule has 1 saturated heterocycles. The van der Waals surface area contributed by atoms with E-state index in [0.29, 0.717) is 12.6 Å². The summed E-state index contributed by atoms with van der Waals surface area (Å²) >= 11 is 0. The monoisotopic (exact) mass is 321 g/mol. The summed E-state index contributed by atoms with van der Waals surface area (Å²) in [7, 11) is 0. The minimum atomic E-state index is -0.183. The molecule has 0 aromatic heterocycles. The summed E-state index contributed by atoms with van der Waals surface area (Å²) in [6.07, 6.45) is 6.32. The van der Waals surface area contributed by atoms with E-state index in [9.17, 15) is 15.3 Å². The van der Waals surface area contributed by atoms with Crippen molar-refractivity contribution in [2.24, 2.45) is 0 Å². The molecule has 1 aliphatic heterocycles. The van der Waals surface area contributed by atoms with Crippen LogP contribution in [0.4, 0.5) is 0 Å². The van der Waals surface area contributed by atoms with Crippen LogP contribution in [0.25, 0.3) is 0 Å². The highest BCUT2D eigenvalue weighted by molar-refractivity contribution is 5.40. The van der Waals surface area contributed by atoms with E-state index in [2.05, 4.69) is 4.90 Å². The number of phenolic OH excluding ortho intramolecular Hbond substituents is 2. The van der Waals surface area contributed by atoms with Crippen LogP contribution < -0.4 is 0 Å². The van der Waals surface area contributed by atoms with Gasteiger partial charge in [0.25, 0.3) is 0 Å². The lowest BCUT2D eigenvalue weighted by Gasteiger charge is -2.37. The maximum atomic E-state index is 9.76. The lowest BCUT2D eigenvalue weighted by molar-refractivity contribution is -0.0316. The van der Waals surface area contributed by atoms with Crippen LogP contribution in [0, 0.1) is 0 Å². The quantitative estimate of drug-likeness (QED) is 0.724. The van der Waals surface area contributed by atoms with Crippen LogP contribution in [0.2, 0.25) is 0 Å². The van der Waals surface area contributed by atoms with Crippen molar-refractivity contribution in [1.82, 2.24) is 4.90 Å². The Morgan fingerprint density at radius 3 is 2.65 bits per heavy atom. The van der Waals surface area contributed by atoms with Gasteiger partial charge in [0.1, 0.15) is 0 Å². The van der Waals surface area contributed by atoms with Crippen molar-refractivity contribution in [3.8, 4) is 11.5 Å². The molecule has 23 heavy (non-hydrogen) atoms. The van der Waals surface area contributed by atoms with Crippen molar-refractivity contribution in [3.05, 3.63) is 23.8 Å². The van der Waals surface area contributed by atoms with Crippen molar-refractivity contribution >= 4 is 0 Å². The first kappa shape index (κ1) is 16.6. The van der Waals surface area contributed by atoms with Gasteiger partial charge in [0.2, 0.25) is 0 Å². The van der Waals surface area contributed by atoms with Crippen molar-refractivity contribution in [3.63, 3.8) is 0 Å². The van der Waals surface area contributed by atoms with Crippen LogP contribution >= 0.6 is 0 Å². The third kappa shape index (κ3) is 4.16. The Morgan fingerprint density at radius 1 is 1.09 bits per heavy atom. The topological polar surface area (TPSA) is 73.2 Å². The number of hydrogen-bond donors (Lipinski definition) is 3. The fourth-order valence-corrected chi connectivity index (χ4v) is 3.81. The Balaban J connectivity index is 1.52. The summed E-state index contributed by atoms with van der Waals surface area (Å²) < 4.78 is 6.15. The maximum Gasteiger partial charge on any atom is 0.157 e. The molecule has 0 bridgehead atoms. The number of aromatic hydroxyl groups is 2.